The first-order chi connectivity index (χ1) is 15.2. The van der Waals surface area contributed by atoms with Crippen LogP contribution in [0, 0.1) is 6.92 Å². The molecule has 0 unspecified atom stereocenters. The highest BCUT2D eigenvalue weighted by Gasteiger charge is 2.21. The Labute approximate surface area is 194 Å². The maximum absolute atomic E-state index is 12.9. The molecule has 0 bridgehead atoms. The molecular weight excluding hydrogens is 470 g/mol. The summed E-state index contributed by atoms with van der Waals surface area (Å²) in [5, 5.41) is 3.47. The smallest absolute Gasteiger partial charge is 0.265 e. The number of anilines is 2. The lowest BCUT2D eigenvalue weighted by Gasteiger charge is -2.12. The van der Waals surface area contributed by atoms with Gasteiger partial charge in [-0.25, -0.2) is 13.4 Å². The highest BCUT2D eigenvalue weighted by molar-refractivity contribution is 7.92. The molecule has 0 fully saturated rings. The summed E-state index contributed by atoms with van der Waals surface area (Å²) in [6, 6.07) is 16.5. The predicted octanol–water partition coefficient (Wildman–Crippen LogP) is 5.32. The average Bonchev–Trinajstić information content (AvgIpc) is 3.15. The Kier molecular flexibility index (Phi) is 6.05. The topological polar surface area (TPSA) is 97.4 Å². The number of carbonyl (C=O) groups excluding carboxylic acids is 1. The zero-order chi connectivity index (χ0) is 22.9. The Morgan fingerprint density at radius 2 is 1.81 bits per heavy atom. The molecule has 32 heavy (non-hydrogen) atoms. The molecule has 1 aromatic heterocycles. The Morgan fingerprint density at radius 1 is 1.06 bits per heavy atom. The SMILES string of the molecule is COc1ccc(Cl)cc1S(=O)(=O)Nc1ccc2sc(NC(=O)c3ccc(C)cc3)nc2c1. The van der Waals surface area contributed by atoms with Crippen molar-refractivity contribution < 1.29 is 17.9 Å². The van der Waals surface area contributed by atoms with Crippen LogP contribution in [0.2, 0.25) is 5.02 Å². The monoisotopic (exact) mass is 487 g/mol. The number of rotatable bonds is 6. The number of benzene rings is 3. The van der Waals surface area contributed by atoms with Crippen LogP contribution in [0.1, 0.15) is 15.9 Å². The first kappa shape index (κ1) is 22.1. The Hall–Kier alpha value is -3.14. The number of halogens is 1. The van der Waals surface area contributed by atoms with Gasteiger partial charge in [-0.05, 0) is 55.5 Å². The van der Waals surface area contributed by atoms with Crippen LogP contribution in [0.25, 0.3) is 10.2 Å². The molecule has 0 atom stereocenters. The lowest BCUT2D eigenvalue weighted by molar-refractivity contribution is 0.102. The molecule has 4 aromatic rings. The molecule has 1 heterocycles. The fraction of sp³-hybridized carbons (Fsp3) is 0.0909. The van der Waals surface area contributed by atoms with Crippen LogP contribution in [0.4, 0.5) is 10.8 Å². The second-order valence-electron chi connectivity index (χ2n) is 6.92. The van der Waals surface area contributed by atoms with Gasteiger partial charge in [0.25, 0.3) is 15.9 Å². The van der Waals surface area contributed by atoms with E-state index in [9.17, 15) is 13.2 Å². The molecule has 0 aliphatic carbocycles. The lowest BCUT2D eigenvalue weighted by atomic mass is 10.1. The number of nitrogens with zero attached hydrogens (tertiary/aromatic N) is 1. The van der Waals surface area contributed by atoms with Crippen LogP contribution in [0.5, 0.6) is 5.75 Å². The molecule has 1 amide bonds. The molecule has 0 spiro atoms. The third-order valence-electron chi connectivity index (χ3n) is 4.59. The van der Waals surface area contributed by atoms with Gasteiger partial charge in [-0.2, -0.15) is 0 Å². The van der Waals surface area contributed by atoms with Gasteiger partial charge in [-0.3, -0.25) is 14.8 Å². The molecule has 4 rings (SSSR count). The minimum absolute atomic E-state index is 0.0723. The second-order valence-corrected chi connectivity index (χ2v) is 10.0. The molecule has 0 saturated carbocycles. The van der Waals surface area contributed by atoms with Crippen molar-refractivity contribution in [2.24, 2.45) is 0 Å². The number of aryl methyl sites for hydroxylation is 1. The van der Waals surface area contributed by atoms with Crippen LogP contribution >= 0.6 is 22.9 Å². The number of thiazole rings is 1. The lowest BCUT2D eigenvalue weighted by Crippen LogP contribution is -2.14. The molecule has 3 aromatic carbocycles. The number of nitrogens with one attached hydrogen (secondary N) is 2. The van der Waals surface area contributed by atoms with Crippen LogP contribution in [-0.2, 0) is 10.0 Å². The van der Waals surface area contributed by atoms with Gasteiger partial charge in [-0.1, -0.05) is 40.6 Å². The molecule has 164 valence electrons. The summed E-state index contributed by atoms with van der Waals surface area (Å²) in [6.45, 7) is 1.95. The number of amides is 1. The van der Waals surface area contributed by atoms with Crippen molar-refractivity contribution in [1.29, 1.82) is 0 Å². The van der Waals surface area contributed by atoms with Crippen LogP contribution in [0.15, 0.2) is 65.6 Å². The van der Waals surface area contributed by atoms with Crippen molar-refractivity contribution in [1.82, 2.24) is 4.98 Å². The van der Waals surface area contributed by atoms with Gasteiger partial charge in [0.2, 0.25) is 0 Å². The number of ether oxygens (including phenoxy) is 1. The predicted molar refractivity (Wildman–Crippen MR) is 128 cm³/mol. The maximum Gasteiger partial charge on any atom is 0.265 e. The van der Waals surface area contributed by atoms with E-state index in [0.29, 0.717) is 21.9 Å². The van der Waals surface area contributed by atoms with Crippen LogP contribution in [0.3, 0.4) is 0 Å². The van der Waals surface area contributed by atoms with E-state index in [-0.39, 0.29) is 21.6 Å². The van der Waals surface area contributed by atoms with E-state index in [2.05, 4.69) is 15.0 Å². The quantitative estimate of drug-likeness (QED) is 0.383. The summed E-state index contributed by atoms with van der Waals surface area (Å²) in [7, 11) is -2.57. The largest absolute Gasteiger partial charge is 0.495 e. The number of hydrogen-bond donors (Lipinski definition) is 2. The fourth-order valence-electron chi connectivity index (χ4n) is 2.99. The molecule has 10 heteroatoms. The van der Waals surface area contributed by atoms with Gasteiger partial charge in [0, 0.05) is 10.6 Å². The number of methoxy groups -OCH3 is 1. The van der Waals surface area contributed by atoms with Crippen molar-refractivity contribution in [3.63, 3.8) is 0 Å². The highest BCUT2D eigenvalue weighted by Crippen LogP contribution is 2.31. The van der Waals surface area contributed by atoms with Gasteiger partial charge < -0.3 is 4.74 Å². The van der Waals surface area contributed by atoms with Gasteiger partial charge in [0.05, 0.1) is 23.0 Å². The molecular formula is C22H18ClN3O4S2. The first-order valence-electron chi connectivity index (χ1n) is 9.40. The summed E-state index contributed by atoms with van der Waals surface area (Å²) in [4.78, 5) is 16.8. The minimum atomic E-state index is -3.95. The van der Waals surface area contributed by atoms with E-state index in [1.807, 2.05) is 19.1 Å². The average molecular weight is 488 g/mol. The van der Waals surface area contributed by atoms with E-state index >= 15 is 0 Å². The summed E-state index contributed by atoms with van der Waals surface area (Å²) in [5.41, 5.74) is 2.46. The van der Waals surface area contributed by atoms with Crippen molar-refractivity contribution in [3.05, 3.63) is 76.8 Å². The Balaban J connectivity index is 1.57. The van der Waals surface area contributed by atoms with E-state index in [1.54, 1.807) is 36.4 Å². The first-order valence-corrected chi connectivity index (χ1v) is 12.1. The summed E-state index contributed by atoms with van der Waals surface area (Å²) in [6.07, 6.45) is 0. The number of sulfonamides is 1. The van der Waals surface area contributed by atoms with Crippen molar-refractivity contribution >= 4 is 59.9 Å². The Bertz CT molecular complexity index is 1420. The van der Waals surface area contributed by atoms with E-state index in [0.717, 1.165) is 10.3 Å². The number of hydrogen-bond acceptors (Lipinski definition) is 6. The van der Waals surface area contributed by atoms with Crippen molar-refractivity contribution in [2.75, 3.05) is 17.1 Å². The molecule has 0 radical (unpaired) electrons. The standard InChI is InChI=1S/C22H18ClN3O4S2/c1-13-3-5-14(6-4-13)21(27)25-22-24-17-12-16(8-10-19(17)31-22)26-32(28,29)20-11-15(23)7-9-18(20)30-2/h3-12,26H,1-2H3,(H,24,25,27). The second kappa shape index (κ2) is 8.78. The van der Waals surface area contributed by atoms with Crippen molar-refractivity contribution in [3.8, 4) is 5.75 Å². The molecule has 0 aliphatic rings. The highest BCUT2D eigenvalue weighted by atomic mass is 35.5. The van der Waals surface area contributed by atoms with Crippen LogP contribution < -0.4 is 14.8 Å². The normalized spacial score (nSPS) is 11.3. The van der Waals surface area contributed by atoms with E-state index in [4.69, 9.17) is 16.3 Å². The summed E-state index contributed by atoms with van der Waals surface area (Å²) in [5.74, 6) is -0.0872. The van der Waals surface area contributed by atoms with E-state index < -0.39 is 10.0 Å². The molecule has 0 aliphatic heterocycles. The van der Waals surface area contributed by atoms with Crippen LogP contribution in [-0.4, -0.2) is 26.4 Å². The Morgan fingerprint density at radius 3 is 2.53 bits per heavy atom. The van der Waals surface area contributed by atoms with Gasteiger partial charge in [0.15, 0.2) is 5.13 Å². The molecule has 0 saturated heterocycles. The summed E-state index contributed by atoms with van der Waals surface area (Å²) >= 11 is 7.26. The molecule has 7 nitrogen and oxygen atoms in total. The minimum Gasteiger partial charge on any atom is -0.495 e. The molecule has 2 N–H and O–H groups in total. The van der Waals surface area contributed by atoms with Gasteiger partial charge >= 0.3 is 0 Å². The van der Waals surface area contributed by atoms with Gasteiger partial charge in [-0.15, -0.1) is 0 Å². The maximum atomic E-state index is 12.9. The van der Waals surface area contributed by atoms with E-state index in [1.165, 1.54) is 30.6 Å². The number of fused-ring (bicyclic) bond motifs is 1. The third kappa shape index (κ3) is 4.69. The summed E-state index contributed by atoms with van der Waals surface area (Å²) < 4.78 is 34.2. The van der Waals surface area contributed by atoms with Crippen molar-refractivity contribution in [2.45, 2.75) is 11.8 Å². The number of carbonyl (C=O) groups is 1. The third-order valence-corrected chi connectivity index (χ3v) is 7.18. The fourth-order valence-corrected chi connectivity index (χ4v) is 5.31. The zero-order valence-corrected chi connectivity index (χ0v) is 19.4. The van der Waals surface area contributed by atoms with Gasteiger partial charge in [0.1, 0.15) is 10.6 Å². The number of aromatic nitrogens is 1. The zero-order valence-electron chi connectivity index (χ0n) is 17.0.